The van der Waals surface area contributed by atoms with Crippen molar-refractivity contribution in [2.75, 3.05) is 25.9 Å². The van der Waals surface area contributed by atoms with Gasteiger partial charge in [-0.3, -0.25) is 4.79 Å². The molecule has 0 aromatic carbocycles. The number of sulfonamides is 1. The highest BCUT2D eigenvalue weighted by atomic mass is 32.2. The first-order valence-electron chi connectivity index (χ1n) is 8.90. The second-order valence-electron chi connectivity index (χ2n) is 7.23. The first-order chi connectivity index (χ1) is 12.3. The summed E-state index contributed by atoms with van der Waals surface area (Å²) >= 11 is 0. The van der Waals surface area contributed by atoms with Crippen LogP contribution >= 0.6 is 0 Å². The molecule has 0 bridgehead atoms. The lowest BCUT2D eigenvalue weighted by Crippen LogP contribution is -2.45. The average molecular weight is 377 g/mol. The van der Waals surface area contributed by atoms with Crippen LogP contribution in [0.2, 0.25) is 0 Å². The van der Waals surface area contributed by atoms with Crippen molar-refractivity contribution in [3.05, 3.63) is 29.2 Å². The Labute approximate surface area is 152 Å². The highest BCUT2D eigenvalue weighted by Crippen LogP contribution is 2.25. The van der Waals surface area contributed by atoms with Gasteiger partial charge < -0.3 is 4.90 Å². The highest BCUT2D eigenvalue weighted by molar-refractivity contribution is 7.88. The molecule has 0 atom stereocenters. The zero-order chi connectivity index (χ0) is 18.5. The Morgan fingerprint density at radius 3 is 2.65 bits per heavy atom. The van der Waals surface area contributed by atoms with Gasteiger partial charge in [-0.15, -0.1) is 0 Å². The minimum atomic E-state index is -3.17. The Balaban J connectivity index is 1.47. The van der Waals surface area contributed by atoms with Crippen LogP contribution in [0.4, 0.5) is 0 Å². The van der Waals surface area contributed by atoms with E-state index in [1.807, 2.05) is 28.6 Å². The molecule has 140 valence electrons. The third-order valence-corrected chi connectivity index (χ3v) is 6.66. The molecule has 0 N–H and O–H groups in total. The summed E-state index contributed by atoms with van der Waals surface area (Å²) in [5.74, 6) is 0.0266. The number of carbonyl (C=O) groups is 1. The van der Waals surface area contributed by atoms with Crippen molar-refractivity contribution in [3.8, 4) is 0 Å². The van der Waals surface area contributed by atoms with Crippen LogP contribution in [-0.4, -0.2) is 64.0 Å². The quantitative estimate of drug-likeness (QED) is 0.765. The van der Waals surface area contributed by atoms with E-state index in [9.17, 15) is 13.2 Å². The van der Waals surface area contributed by atoms with Crippen molar-refractivity contribution in [1.29, 1.82) is 0 Å². The van der Waals surface area contributed by atoms with Gasteiger partial charge in [-0.25, -0.2) is 22.2 Å². The van der Waals surface area contributed by atoms with E-state index >= 15 is 0 Å². The molecule has 2 aromatic rings. The van der Waals surface area contributed by atoms with Gasteiger partial charge in [0, 0.05) is 56.3 Å². The maximum Gasteiger partial charge on any atom is 0.226 e. The van der Waals surface area contributed by atoms with Crippen molar-refractivity contribution in [2.24, 2.45) is 5.92 Å². The first-order valence-corrected chi connectivity index (χ1v) is 10.7. The summed E-state index contributed by atoms with van der Waals surface area (Å²) in [6, 6.07) is 1.95. The molecule has 2 aliphatic heterocycles. The lowest BCUT2D eigenvalue weighted by atomic mass is 9.95. The average Bonchev–Trinajstić information content (AvgIpc) is 3.00. The van der Waals surface area contributed by atoms with Gasteiger partial charge in [0.05, 0.1) is 17.6 Å². The number of amides is 1. The number of hydrogen-bond donors (Lipinski definition) is 0. The van der Waals surface area contributed by atoms with Crippen LogP contribution in [0.5, 0.6) is 0 Å². The van der Waals surface area contributed by atoms with Crippen molar-refractivity contribution in [2.45, 2.75) is 32.7 Å². The van der Waals surface area contributed by atoms with Crippen LogP contribution in [0.25, 0.3) is 5.65 Å². The zero-order valence-corrected chi connectivity index (χ0v) is 15.9. The van der Waals surface area contributed by atoms with Gasteiger partial charge in [-0.2, -0.15) is 5.10 Å². The van der Waals surface area contributed by atoms with Crippen LogP contribution in [0.3, 0.4) is 0 Å². The van der Waals surface area contributed by atoms with Gasteiger partial charge in [0.2, 0.25) is 15.9 Å². The molecule has 26 heavy (non-hydrogen) atoms. The molecular formula is C17H23N5O3S. The fraction of sp³-hybridized carbons (Fsp3) is 0.588. The largest absolute Gasteiger partial charge is 0.338 e. The zero-order valence-electron chi connectivity index (χ0n) is 15.1. The molecule has 9 heteroatoms. The molecular weight excluding hydrogens is 354 g/mol. The summed E-state index contributed by atoms with van der Waals surface area (Å²) in [5.41, 5.74) is 3.93. The minimum absolute atomic E-state index is 0.0989. The Morgan fingerprint density at radius 1 is 1.23 bits per heavy atom. The fourth-order valence-electron chi connectivity index (χ4n) is 3.94. The van der Waals surface area contributed by atoms with Crippen molar-refractivity contribution < 1.29 is 13.2 Å². The molecule has 4 heterocycles. The van der Waals surface area contributed by atoms with E-state index in [1.54, 1.807) is 0 Å². The summed E-state index contributed by atoms with van der Waals surface area (Å²) in [6.45, 7) is 4.00. The van der Waals surface area contributed by atoms with Gasteiger partial charge in [-0.1, -0.05) is 0 Å². The number of fused-ring (bicyclic) bond motifs is 3. The SMILES string of the molecule is Cc1cc2ncc3c(n2n1)CCN(C(=O)C1CCN(S(C)(=O)=O)CC1)C3. The summed E-state index contributed by atoms with van der Waals surface area (Å²) in [7, 11) is -3.17. The number of rotatable bonds is 2. The van der Waals surface area contributed by atoms with E-state index in [4.69, 9.17) is 0 Å². The second-order valence-corrected chi connectivity index (χ2v) is 9.21. The van der Waals surface area contributed by atoms with Gasteiger partial charge in [0.1, 0.15) is 0 Å². The lowest BCUT2D eigenvalue weighted by molar-refractivity contribution is -0.137. The Kier molecular flexibility index (Phi) is 4.23. The van der Waals surface area contributed by atoms with Crippen molar-refractivity contribution >= 4 is 21.6 Å². The third kappa shape index (κ3) is 3.09. The fourth-order valence-corrected chi connectivity index (χ4v) is 4.81. The summed E-state index contributed by atoms with van der Waals surface area (Å²) in [6.07, 6.45) is 5.00. The predicted octanol–water partition coefficient (Wildman–Crippen LogP) is 0.594. The van der Waals surface area contributed by atoms with Gasteiger partial charge in [-0.05, 0) is 19.8 Å². The molecule has 1 fully saturated rings. The smallest absolute Gasteiger partial charge is 0.226 e. The lowest BCUT2D eigenvalue weighted by Gasteiger charge is -2.35. The molecule has 4 rings (SSSR count). The number of hydrogen-bond acceptors (Lipinski definition) is 5. The summed E-state index contributed by atoms with van der Waals surface area (Å²) < 4.78 is 26.6. The van der Waals surface area contributed by atoms with E-state index in [0.717, 1.165) is 29.0 Å². The Bertz CT molecular complexity index is 960. The molecule has 0 spiro atoms. The van der Waals surface area contributed by atoms with Gasteiger partial charge >= 0.3 is 0 Å². The number of nitrogens with zero attached hydrogens (tertiary/aromatic N) is 5. The van der Waals surface area contributed by atoms with Crippen LogP contribution in [0.15, 0.2) is 12.3 Å². The minimum Gasteiger partial charge on any atom is -0.338 e. The monoisotopic (exact) mass is 377 g/mol. The molecule has 0 radical (unpaired) electrons. The molecule has 2 aromatic heterocycles. The topological polar surface area (TPSA) is 87.9 Å². The van der Waals surface area contributed by atoms with E-state index in [1.165, 1.54) is 10.6 Å². The molecule has 2 aliphatic rings. The molecule has 0 unspecified atom stereocenters. The van der Waals surface area contributed by atoms with E-state index in [0.29, 0.717) is 39.0 Å². The number of aryl methyl sites for hydroxylation is 1. The molecule has 8 nitrogen and oxygen atoms in total. The Hall–Kier alpha value is -2.00. The van der Waals surface area contributed by atoms with E-state index in [-0.39, 0.29) is 11.8 Å². The van der Waals surface area contributed by atoms with E-state index in [2.05, 4.69) is 10.1 Å². The van der Waals surface area contributed by atoms with Crippen molar-refractivity contribution in [3.63, 3.8) is 0 Å². The normalized spacial score (nSPS) is 19.7. The van der Waals surface area contributed by atoms with Gasteiger partial charge in [0.25, 0.3) is 0 Å². The number of carbonyl (C=O) groups excluding carboxylic acids is 1. The Morgan fingerprint density at radius 2 is 1.96 bits per heavy atom. The van der Waals surface area contributed by atoms with E-state index < -0.39 is 10.0 Å². The van der Waals surface area contributed by atoms with Crippen LogP contribution in [0, 0.1) is 12.8 Å². The van der Waals surface area contributed by atoms with Crippen LogP contribution in [0.1, 0.15) is 29.8 Å². The van der Waals surface area contributed by atoms with Crippen LogP contribution < -0.4 is 0 Å². The number of piperidine rings is 1. The predicted molar refractivity (Wildman–Crippen MR) is 96.0 cm³/mol. The molecule has 0 saturated carbocycles. The summed E-state index contributed by atoms with van der Waals surface area (Å²) in [4.78, 5) is 19.2. The highest BCUT2D eigenvalue weighted by Gasteiger charge is 2.33. The summed E-state index contributed by atoms with van der Waals surface area (Å²) in [5, 5.41) is 4.51. The number of aromatic nitrogens is 3. The third-order valence-electron chi connectivity index (χ3n) is 5.36. The maximum atomic E-state index is 12.9. The maximum absolute atomic E-state index is 12.9. The molecule has 0 aliphatic carbocycles. The van der Waals surface area contributed by atoms with Crippen molar-refractivity contribution in [1.82, 2.24) is 23.8 Å². The second kappa shape index (κ2) is 6.31. The standard InChI is InChI=1S/C17H23N5O3S/c1-12-9-16-18-10-14-11-20(6-5-15(14)22(16)19-12)17(23)13-3-7-21(8-4-13)26(2,24)25/h9-10,13H,3-8,11H2,1-2H3. The molecule has 1 amide bonds. The first kappa shape index (κ1) is 17.4. The molecule has 1 saturated heterocycles. The van der Waals surface area contributed by atoms with Crippen LogP contribution in [-0.2, 0) is 27.8 Å². The van der Waals surface area contributed by atoms with Gasteiger partial charge in [0.15, 0.2) is 5.65 Å².